The summed E-state index contributed by atoms with van der Waals surface area (Å²) in [6, 6.07) is 5.49. The summed E-state index contributed by atoms with van der Waals surface area (Å²) in [7, 11) is -3.49. The molecule has 0 aliphatic carbocycles. The first-order valence-corrected chi connectivity index (χ1v) is 8.50. The topological polar surface area (TPSA) is 57.6 Å². The maximum atomic E-state index is 12.9. The summed E-state index contributed by atoms with van der Waals surface area (Å²) in [5.41, 5.74) is 1.71. The van der Waals surface area contributed by atoms with Gasteiger partial charge in [0.05, 0.1) is 4.90 Å². The first-order valence-electron chi connectivity index (χ1n) is 7.06. The fourth-order valence-electron chi connectivity index (χ4n) is 2.74. The zero-order valence-electron chi connectivity index (χ0n) is 12.3. The molecule has 1 aliphatic heterocycles. The van der Waals surface area contributed by atoms with Crippen LogP contribution >= 0.6 is 0 Å². The van der Waals surface area contributed by atoms with Gasteiger partial charge in [-0.3, -0.25) is 0 Å². The van der Waals surface area contributed by atoms with E-state index in [1.807, 2.05) is 32.9 Å². The maximum absolute atomic E-state index is 12.9. The molecule has 1 heterocycles. The number of piperidine rings is 1. The normalized spacial score (nSPS) is 24.8. The first-order chi connectivity index (χ1) is 9.36. The molecule has 5 heteroatoms. The first kappa shape index (κ1) is 15.5. The summed E-state index contributed by atoms with van der Waals surface area (Å²) < 4.78 is 27.3. The van der Waals surface area contributed by atoms with Gasteiger partial charge in [0, 0.05) is 19.2 Å². The third-order valence-corrected chi connectivity index (χ3v) is 6.23. The van der Waals surface area contributed by atoms with Crippen LogP contribution in [0.15, 0.2) is 23.1 Å². The molecule has 1 N–H and O–H groups in total. The lowest BCUT2D eigenvalue weighted by molar-refractivity contribution is 0.139. The third-order valence-electron chi connectivity index (χ3n) is 4.11. The van der Waals surface area contributed by atoms with E-state index in [9.17, 15) is 13.5 Å². The number of nitrogens with zero attached hydrogens (tertiary/aromatic N) is 1. The molecule has 112 valence electrons. The van der Waals surface area contributed by atoms with Gasteiger partial charge >= 0.3 is 0 Å². The van der Waals surface area contributed by atoms with Gasteiger partial charge in [0.2, 0.25) is 10.0 Å². The van der Waals surface area contributed by atoms with Crippen molar-refractivity contribution in [3.05, 3.63) is 29.3 Å². The number of benzene rings is 1. The minimum atomic E-state index is -3.49. The van der Waals surface area contributed by atoms with Crippen LogP contribution in [0, 0.1) is 19.8 Å². The Labute approximate surface area is 121 Å². The Morgan fingerprint density at radius 3 is 2.65 bits per heavy atom. The molecule has 0 saturated carbocycles. The fourth-order valence-corrected chi connectivity index (χ4v) is 4.79. The molecule has 2 rings (SSSR count). The molecule has 1 aliphatic rings. The van der Waals surface area contributed by atoms with E-state index in [0.29, 0.717) is 11.4 Å². The van der Waals surface area contributed by atoms with Gasteiger partial charge in [-0.2, -0.15) is 4.31 Å². The van der Waals surface area contributed by atoms with E-state index in [4.69, 9.17) is 0 Å². The second kappa shape index (κ2) is 5.84. The molecular formula is C15H23NO3S. The van der Waals surface area contributed by atoms with E-state index in [2.05, 4.69) is 0 Å². The van der Waals surface area contributed by atoms with Crippen LogP contribution in [0.4, 0.5) is 0 Å². The molecule has 1 aromatic rings. The predicted octanol–water partition coefficient (Wildman–Crippen LogP) is 2.08. The maximum Gasteiger partial charge on any atom is 0.243 e. The Morgan fingerprint density at radius 1 is 1.30 bits per heavy atom. The Balaban J connectivity index is 2.40. The van der Waals surface area contributed by atoms with Gasteiger partial charge in [-0.05, 0) is 56.7 Å². The summed E-state index contributed by atoms with van der Waals surface area (Å²) in [6.07, 6.45) is 1.69. The minimum Gasteiger partial charge on any atom is -0.396 e. The highest BCUT2D eigenvalue weighted by Crippen LogP contribution is 2.29. The molecule has 1 saturated heterocycles. The summed E-state index contributed by atoms with van der Waals surface area (Å²) in [4.78, 5) is 0.392. The lowest BCUT2D eigenvalue weighted by atomic mass is 9.96. The number of aliphatic hydroxyl groups is 1. The van der Waals surface area contributed by atoms with Crippen LogP contribution in [0.2, 0.25) is 0 Å². The lowest BCUT2D eigenvalue weighted by Crippen LogP contribution is -2.46. The minimum absolute atomic E-state index is 0.0114. The highest BCUT2D eigenvalue weighted by atomic mass is 32.2. The van der Waals surface area contributed by atoms with Gasteiger partial charge in [-0.15, -0.1) is 0 Å². The molecule has 4 nitrogen and oxygen atoms in total. The SMILES string of the molecule is Cc1ccc(C)c(S(=O)(=O)N2CC(CO)CCC2C)c1. The molecule has 20 heavy (non-hydrogen) atoms. The van der Waals surface area contributed by atoms with Crippen molar-refractivity contribution in [2.45, 2.75) is 44.6 Å². The van der Waals surface area contributed by atoms with Crippen LogP contribution < -0.4 is 0 Å². The number of hydrogen-bond acceptors (Lipinski definition) is 3. The zero-order chi connectivity index (χ0) is 14.9. The molecule has 1 fully saturated rings. The summed E-state index contributed by atoms with van der Waals surface area (Å²) in [5.74, 6) is 0.0473. The van der Waals surface area contributed by atoms with E-state index in [1.165, 1.54) is 0 Å². The van der Waals surface area contributed by atoms with Crippen molar-refractivity contribution in [2.75, 3.05) is 13.2 Å². The van der Waals surface area contributed by atoms with Gasteiger partial charge in [-0.1, -0.05) is 12.1 Å². The number of aryl methyl sites for hydroxylation is 2. The molecule has 1 aromatic carbocycles. The molecule has 0 aromatic heterocycles. The van der Waals surface area contributed by atoms with Gasteiger partial charge in [0.1, 0.15) is 0 Å². The number of sulfonamides is 1. The number of hydrogen-bond donors (Lipinski definition) is 1. The van der Waals surface area contributed by atoms with E-state index in [0.717, 1.165) is 24.0 Å². The number of aliphatic hydroxyl groups excluding tert-OH is 1. The molecule has 2 unspecified atom stereocenters. The van der Waals surface area contributed by atoms with Crippen LogP contribution in [0.1, 0.15) is 30.9 Å². The average Bonchev–Trinajstić information content (AvgIpc) is 2.41. The summed E-state index contributed by atoms with van der Waals surface area (Å²) in [5, 5.41) is 9.31. The van der Waals surface area contributed by atoms with E-state index in [-0.39, 0.29) is 18.6 Å². The van der Waals surface area contributed by atoms with Crippen molar-refractivity contribution in [1.29, 1.82) is 0 Å². The lowest BCUT2D eigenvalue weighted by Gasteiger charge is -2.36. The van der Waals surface area contributed by atoms with Crippen molar-refractivity contribution >= 4 is 10.0 Å². The second-order valence-electron chi connectivity index (χ2n) is 5.82. The standard InChI is InChI=1S/C15H23NO3S/c1-11-4-5-12(2)15(8-11)20(18,19)16-9-14(10-17)7-6-13(16)3/h4-5,8,13-14,17H,6-7,9-10H2,1-3H3. The Bertz CT molecular complexity index is 583. The molecule has 0 spiro atoms. The molecule has 0 radical (unpaired) electrons. The van der Waals surface area contributed by atoms with E-state index in [1.54, 1.807) is 10.4 Å². The van der Waals surface area contributed by atoms with Crippen LogP contribution in [0.5, 0.6) is 0 Å². The second-order valence-corrected chi connectivity index (χ2v) is 7.68. The van der Waals surface area contributed by atoms with Gasteiger partial charge < -0.3 is 5.11 Å². The predicted molar refractivity (Wildman–Crippen MR) is 79.1 cm³/mol. The van der Waals surface area contributed by atoms with Gasteiger partial charge in [0.15, 0.2) is 0 Å². The van der Waals surface area contributed by atoms with Crippen molar-refractivity contribution in [3.8, 4) is 0 Å². The monoisotopic (exact) mass is 297 g/mol. The van der Waals surface area contributed by atoms with E-state index >= 15 is 0 Å². The van der Waals surface area contributed by atoms with Crippen molar-refractivity contribution < 1.29 is 13.5 Å². The number of rotatable bonds is 3. The van der Waals surface area contributed by atoms with Crippen molar-refractivity contribution in [3.63, 3.8) is 0 Å². The van der Waals surface area contributed by atoms with Crippen LogP contribution in [0.25, 0.3) is 0 Å². The Kier molecular flexibility index (Phi) is 4.52. The van der Waals surface area contributed by atoms with Crippen LogP contribution in [-0.2, 0) is 10.0 Å². The van der Waals surface area contributed by atoms with Crippen molar-refractivity contribution in [2.24, 2.45) is 5.92 Å². The average molecular weight is 297 g/mol. The Hall–Kier alpha value is -0.910. The van der Waals surface area contributed by atoms with Gasteiger partial charge in [-0.25, -0.2) is 8.42 Å². The van der Waals surface area contributed by atoms with Crippen LogP contribution in [0.3, 0.4) is 0 Å². The Morgan fingerprint density at radius 2 is 2.00 bits per heavy atom. The molecular weight excluding hydrogens is 274 g/mol. The zero-order valence-corrected chi connectivity index (χ0v) is 13.2. The summed E-state index contributed by atoms with van der Waals surface area (Å²) in [6.45, 7) is 6.12. The largest absolute Gasteiger partial charge is 0.396 e. The van der Waals surface area contributed by atoms with Gasteiger partial charge in [0.25, 0.3) is 0 Å². The highest BCUT2D eigenvalue weighted by molar-refractivity contribution is 7.89. The smallest absolute Gasteiger partial charge is 0.243 e. The highest BCUT2D eigenvalue weighted by Gasteiger charge is 2.35. The quantitative estimate of drug-likeness (QED) is 0.929. The third kappa shape index (κ3) is 2.90. The molecule has 0 amide bonds. The van der Waals surface area contributed by atoms with Crippen molar-refractivity contribution in [1.82, 2.24) is 4.31 Å². The fraction of sp³-hybridized carbons (Fsp3) is 0.600. The van der Waals surface area contributed by atoms with E-state index < -0.39 is 10.0 Å². The molecule has 2 atom stereocenters. The van der Waals surface area contributed by atoms with Crippen LogP contribution in [-0.4, -0.2) is 37.0 Å². The molecule has 0 bridgehead atoms. The summed E-state index contributed by atoms with van der Waals surface area (Å²) >= 11 is 0.